The number of rotatable bonds is 5. The van der Waals surface area contributed by atoms with E-state index in [2.05, 4.69) is 15.4 Å². The standard InChI is InChI=1S/C27H24Cl3FN4O3/c1-16-11-22(31)23(34-26(36)38-15-27(28,29)30)13-20(16)18-6-4-5-17(12-18)19-8-9-32-25-21(19)14-33-35(25)24-7-2-3-10-37-24/h4-6,8-9,11-14,24H,2-3,7,10,15H2,1H3,(H,34,36). The van der Waals surface area contributed by atoms with Gasteiger partial charge in [-0.1, -0.05) is 53.0 Å². The molecule has 0 radical (unpaired) electrons. The van der Waals surface area contributed by atoms with Gasteiger partial charge in [0.1, 0.15) is 12.4 Å². The van der Waals surface area contributed by atoms with Crippen LogP contribution in [0.5, 0.6) is 0 Å². The molecule has 1 aliphatic heterocycles. The molecule has 1 fully saturated rings. The quantitative estimate of drug-likeness (QED) is 0.245. The first kappa shape index (κ1) is 26.7. The van der Waals surface area contributed by atoms with E-state index in [1.807, 2.05) is 41.2 Å². The Morgan fingerprint density at radius 3 is 2.71 bits per heavy atom. The summed E-state index contributed by atoms with van der Waals surface area (Å²) in [5.74, 6) is -0.610. The molecule has 0 bridgehead atoms. The number of nitrogens with one attached hydrogen (secondary N) is 1. The Labute approximate surface area is 233 Å². The fourth-order valence-corrected chi connectivity index (χ4v) is 4.72. The lowest BCUT2D eigenvalue weighted by Gasteiger charge is -2.23. The largest absolute Gasteiger partial charge is 0.445 e. The van der Waals surface area contributed by atoms with Crippen molar-refractivity contribution in [3.05, 3.63) is 66.2 Å². The zero-order valence-electron chi connectivity index (χ0n) is 20.4. The minimum Gasteiger partial charge on any atom is -0.445 e. The number of fused-ring (bicyclic) bond motifs is 1. The second-order valence-corrected chi connectivity index (χ2v) is 11.6. The van der Waals surface area contributed by atoms with Crippen LogP contribution in [0, 0.1) is 12.7 Å². The molecule has 1 N–H and O–H groups in total. The third-order valence-corrected chi connectivity index (χ3v) is 6.66. The lowest BCUT2D eigenvalue weighted by Crippen LogP contribution is -2.21. The number of ether oxygens (including phenoxy) is 2. The fraction of sp³-hybridized carbons (Fsp3) is 0.296. The van der Waals surface area contributed by atoms with Gasteiger partial charge in [-0.05, 0) is 78.3 Å². The number of benzene rings is 2. The van der Waals surface area contributed by atoms with Crippen molar-refractivity contribution in [1.82, 2.24) is 14.8 Å². The van der Waals surface area contributed by atoms with Crippen LogP contribution in [-0.4, -0.2) is 37.9 Å². The van der Waals surface area contributed by atoms with Gasteiger partial charge in [0.15, 0.2) is 11.9 Å². The summed E-state index contributed by atoms with van der Waals surface area (Å²) >= 11 is 16.8. The lowest BCUT2D eigenvalue weighted by molar-refractivity contribution is -0.0370. The van der Waals surface area contributed by atoms with Crippen molar-refractivity contribution < 1.29 is 18.7 Å². The van der Waals surface area contributed by atoms with E-state index < -0.39 is 22.3 Å². The number of alkyl halides is 3. The SMILES string of the molecule is Cc1cc(F)c(NC(=O)OCC(Cl)(Cl)Cl)cc1-c1cccc(-c2ccnc3c2cnn3C2CCCCO2)c1. The van der Waals surface area contributed by atoms with Crippen molar-refractivity contribution in [3.8, 4) is 22.3 Å². The van der Waals surface area contributed by atoms with Gasteiger partial charge in [0, 0.05) is 18.2 Å². The number of pyridine rings is 1. The first-order chi connectivity index (χ1) is 18.2. The molecule has 5 rings (SSSR count). The molecule has 2 aromatic carbocycles. The fourth-order valence-electron chi connectivity index (χ4n) is 4.55. The van der Waals surface area contributed by atoms with Gasteiger partial charge in [0.05, 0.1) is 11.9 Å². The third-order valence-electron chi connectivity index (χ3n) is 6.33. The van der Waals surface area contributed by atoms with E-state index in [-0.39, 0.29) is 11.9 Å². The molecule has 38 heavy (non-hydrogen) atoms. The summed E-state index contributed by atoms with van der Waals surface area (Å²) in [6, 6.07) is 12.7. The van der Waals surface area contributed by atoms with Gasteiger partial charge < -0.3 is 9.47 Å². The smallest absolute Gasteiger partial charge is 0.411 e. The molecule has 1 atom stereocenters. The number of carbonyl (C=O) groups excluding carboxylic acids is 1. The number of nitrogens with zero attached hydrogens (tertiary/aromatic N) is 3. The minimum absolute atomic E-state index is 0.0506. The first-order valence-corrected chi connectivity index (χ1v) is 13.2. The van der Waals surface area contributed by atoms with E-state index in [0.29, 0.717) is 12.2 Å². The summed E-state index contributed by atoms with van der Waals surface area (Å²) in [6.07, 6.45) is 5.57. The summed E-state index contributed by atoms with van der Waals surface area (Å²) in [7, 11) is 0. The van der Waals surface area contributed by atoms with E-state index in [1.165, 1.54) is 6.07 Å². The van der Waals surface area contributed by atoms with Crippen molar-refractivity contribution in [2.24, 2.45) is 0 Å². The Balaban J connectivity index is 1.46. The number of aromatic nitrogens is 3. The Hall–Kier alpha value is -2.91. The lowest BCUT2D eigenvalue weighted by atomic mass is 9.95. The monoisotopic (exact) mass is 576 g/mol. The molecule has 0 saturated carbocycles. The van der Waals surface area contributed by atoms with E-state index in [4.69, 9.17) is 44.3 Å². The summed E-state index contributed by atoms with van der Waals surface area (Å²) in [5, 5.41) is 7.88. The number of halogens is 4. The summed E-state index contributed by atoms with van der Waals surface area (Å²) in [6.45, 7) is 2.04. The van der Waals surface area contributed by atoms with Crippen LogP contribution >= 0.6 is 34.8 Å². The van der Waals surface area contributed by atoms with Crippen LogP contribution in [0.1, 0.15) is 31.1 Å². The molecule has 0 aliphatic carbocycles. The molecule has 3 heterocycles. The van der Waals surface area contributed by atoms with Gasteiger partial charge in [-0.15, -0.1) is 0 Å². The molecule has 2 aromatic heterocycles. The van der Waals surface area contributed by atoms with Crippen molar-refractivity contribution in [1.29, 1.82) is 0 Å². The predicted molar refractivity (Wildman–Crippen MR) is 147 cm³/mol. The van der Waals surface area contributed by atoms with Crippen molar-refractivity contribution in [2.75, 3.05) is 18.5 Å². The number of hydrogen-bond donors (Lipinski definition) is 1. The third kappa shape index (κ3) is 5.89. The zero-order valence-corrected chi connectivity index (χ0v) is 22.7. The number of hydrogen-bond acceptors (Lipinski definition) is 5. The molecular weight excluding hydrogens is 554 g/mol. The maximum atomic E-state index is 14.7. The topological polar surface area (TPSA) is 78.3 Å². The van der Waals surface area contributed by atoms with Crippen LogP contribution in [0.25, 0.3) is 33.3 Å². The van der Waals surface area contributed by atoms with Crippen LogP contribution in [0.15, 0.2) is 54.9 Å². The van der Waals surface area contributed by atoms with E-state index in [0.717, 1.165) is 52.5 Å². The average Bonchev–Trinajstić information content (AvgIpc) is 3.34. The van der Waals surface area contributed by atoms with Crippen LogP contribution < -0.4 is 5.32 Å². The van der Waals surface area contributed by atoms with Crippen molar-refractivity contribution in [3.63, 3.8) is 0 Å². The Morgan fingerprint density at radius 1 is 1.18 bits per heavy atom. The normalized spacial score (nSPS) is 16.0. The van der Waals surface area contributed by atoms with Crippen LogP contribution in [0.4, 0.5) is 14.9 Å². The van der Waals surface area contributed by atoms with Crippen LogP contribution in [-0.2, 0) is 9.47 Å². The summed E-state index contributed by atoms with van der Waals surface area (Å²) in [5.41, 5.74) is 4.89. The maximum absolute atomic E-state index is 14.7. The highest BCUT2D eigenvalue weighted by molar-refractivity contribution is 6.67. The van der Waals surface area contributed by atoms with Gasteiger partial charge in [-0.3, -0.25) is 5.32 Å². The van der Waals surface area contributed by atoms with Gasteiger partial charge in [-0.2, -0.15) is 5.10 Å². The van der Waals surface area contributed by atoms with E-state index >= 15 is 0 Å². The van der Waals surface area contributed by atoms with Crippen molar-refractivity contribution >= 4 is 57.6 Å². The molecule has 1 unspecified atom stereocenters. The number of amides is 1. The summed E-state index contributed by atoms with van der Waals surface area (Å²) in [4.78, 5) is 16.7. The number of aryl methyl sites for hydroxylation is 1. The second kappa shape index (κ2) is 11.1. The molecule has 11 heteroatoms. The second-order valence-electron chi connectivity index (χ2n) is 9.05. The van der Waals surface area contributed by atoms with Crippen LogP contribution in [0.3, 0.4) is 0 Å². The Kier molecular flexibility index (Phi) is 7.77. The molecule has 1 aliphatic rings. The molecular formula is C27H24Cl3FN4O3. The molecule has 0 spiro atoms. The highest BCUT2D eigenvalue weighted by Crippen LogP contribution is 2.35. The molecule has 198 valence electrons. The van der Waals surface area contributed by atoms with Gasteiger partial charge in [0.2, 0.25) is 3.79 Å². The van der Waals surface area contributed by atoms with Gasteiger partial charge in [0.25, 0.3) is 0 Å². The molecule has 7 nitrogen and oxygen atoms in total. The van der Waals surface area contributed by atoms with E-state index in [1.54, 1.807) is 19.2 Å². The van der Waals surface area contributed by atoms with Crippen LogP contribution in [0.2, 0.25) is 0 Å². The summed E-state index contributed by atoms with van der Waals surface area (Å²) < 4.78 is 25.5. The Bertz CT molecular complexity index is 1480. The predicted octanol–water partition coefficient (Wildman–Crippen LogP) is 7.83. The number of anilines is 1. The van der Waals surface area contributed by atoms with Crippen molar-refractivity contribution in [2.45, 2.75) is 36.2 Å². The van der Waals surface area contributed by atoms with Gasteiger partial charge in [-0.25, -0.2) is 18.9 Å². The highest BCUT2D eigenvalue weighted by Gasteiger charge is 2.23. The molecule has 1 amide bonds. The highest BCUT2D eigenvalue weighted by atomic mass is 35.6. The zero-order chi connectivity index (χ0) is 26.9. The minimum atomic E-state index is -1.77. The van der Waals surface area contributed by atoms with Gasteiger partial charge >= 0.3 is 6.09 Å². The first-order valence-electron chi connectivity index (χ1n) is 12.0. The van der Waals surface area contributed by atoms with E-state index in [9.17, 15) is 9.18 Å². The molecule has 1 saturated heterocycles. The molecule has 4 aromatic rings. The number of carbonyl (C=O) groups is 1. The maximum Gasteiger partial charge on any atom is 0.411 e. The Morgan fingerprint density at radius 2 is 1.97 bits per heavy atom. The average molecular weight is 578 g/mol.